The second-order valence-corrected chi connectivity index (χ2v) is 9.05. The van der Waals surface area contributed by atoms with Crippen LogP contribution in [0.4, 0.5) is 0 Å². The summed E-state index contributed by atoms with van der Waals surface area (Å²) in [5.74, 6) is -0.0468. The van der Waals surface area contributed by atoms with Gasteiger partial charge in [-0.1, -0.05) is 19.9 Å². The molecule has 8 heteroatoms. The number of rotatable bonds is 8. The zero-order valence-electron chi connectivity index (χ0n) is 19.5. The zero-order chi connectivity index (χ0) is 24.5. The van der Waals surface area contributed by atoms with Gasteiger partial charge in [0.2, 0.25) is 0 Å². The minimum absolute atomic E-state index is 0.0476. The first-order valence-electron chi connectivity index (χ1n) is 10.6. The summed E-state index contributed by atoms with van der Waals surface area (Å²) in [5, 5.41) is 62.9. The fourth-order valence-corrected chi connectivity index (χ4v) is 2.74. The number of phenolic OH excluding ortho intramolecular Hbond substituents is 2. The Kier molecular flexibility index (Phi) is 10.9. The highest BCUT2D eigenvalue weighted by molar-refractivity contribution is 5.38. The molecule has 0 aliphatic carbocycles. The van der Waals surface area contributed by atoms with Crippen LogP contribution in [-0.4, -0.2) is 55.3 Å². The third-order valence-electron chi connectivity index (χ3n) is 4.51. The predicted octanol–water partition coefficient (Wildman–Crippen LogP) is 2.44. The number of aromatic hydroxyl groups is 3. The Bertz CT molecular complexity index is 815. The summed E-state index contributed by atoms with van der Waals surface area (Å²) in [6.07, 6.45) is -1.38. The van der Waals surface area contributed by atoms with Gasteiger partial charge < -0.3 is 41.3 Å². The van der Waals surface area contributed by atoms with Crippen LogP contribution in [0.1, 0.15) is 63.5 Å². The number of aliphatic hydroxyl groups excluding tert-OH is 3. The van der Waals surface area contributed by atoms with E-state index in [1.165, 1.54) is 24.3 Å². The fraction of sp³-hybridized carbons (Fsp3) is 0.500. The molecule has 0 aliphatic rings. The highest BCUT2D eigenvalue weighted by atomic mass is 16.3. The lowest BCUT2D eigenvalue weighted by Gasteiger charge is -2.23. The van der Waals surface area contributed by atoms with Gasteiger partial charge in [0.25, 0.3) is 0 Å². The van der Waals surface area contributed by atoms with Crippen LogP contribution in [0.3, 0.4) is 0 Å². The van der Waals surface area contributed by atoms with Crippen molar-refractivity contribution < 1.29 is 30.6 Å². The predicted molar refractivity (Wildman–Crippen MR) is 125 cm³/mol. The van der Waals surface area contributed by atoms with E-state index in [0.717, 1.165) is 0 Å². The van der Waals surface area contributed by atoms with Gasteiger partial charge in [-0.25, -0.2) is 0 Å². The molecule has 0 bridgehead atoms. The molecule has 8 nitrogen and oxygen atoms in total. The number of phenols is 3. The van der Waals surface area contributed by atoms with Crippen LogP contribution >= 0.6 is 0 Å². The van der Waals surface area contributed by atoms with Gasteiger partial charge in [0.05, 0.1) is 18.8 Å². The van der Waals surface area contributed by atoms with Gasteiger partial charge in [-0.3, -0.25) is 0 Å². The van der Waals surface area contributed by atoms with E-state index >= 15 is 0 Å². The maximum absolute atomic E-state index is 9.97. The summed E-state index contributed by atoms with van der Waals surface area (Å²) in [6.45, 7) is 10.6. The van der Waals surface area contributed by atoms with Crippen LogP contribution in [0.2, 0.25) is 0 Å². The van der Waals surface area contributed by atoms with Gasteiger partial charge in [0.15, 0.2) is 0 Å². The smallest absolute Gasteiger partial charge is 0.121 e. The first kappa shape index (κ1) is 27.7. The number of benzene rings is 2. The van der Waals surface area contributed by atoms with Gasteiger partial charge in [-0.2, -0.15) is 0 Å². The molecule has 180 valence electrons. The van der Waals surface area contributed by atoms with E-state index in [2.05, 4.69) is 10.6 Å². The lowest BCUT2D eigenvalue weighted by Crippen LogP contribution is -2.38. The van der Waals surface area contributed by atoms with Gasteiger partial charge in [0.1, 0.15) is 17.2 Å². The highest BCUT2D eigenvalue weighted by Gasteiger charge is 2.14. The summed E-state index contributed by atoms with van der Waals surface area (Å²) < 4.78 is 0. The van der Waals surface area contributed by atoms with Gasteiger partial charge in [-0.15, -0.1) is 0 Å². The first-order valence-corrected chi connectivity index (χ1v) is 10.6. The van der Waals surface area contributed by atoms with Gasteiger partial charge in [0, 0.05) is 36.3 Å². The third kappa shape index (κ3) is 10.3. The number of hydrogen-bond acceptors (Lipinski definition) is 8. The van der Waals surface area contributed by atoms with Crippen molar-refractivity contribution >= 4 is 0 Å². The molecule has 0 fully saturated rings. The summed E-state index contributed by atoms with van der Waals surface area (Å²) in [5.41, 5.74) is 1.55. The molecule has 2 rings (SSSR count). The molecule has 0 amide bonds. The Morgan fingerprint density at radius 1 is 0.812 bits per heavy atom. The number of hydrogen-bond donors (Lipinski definition) is 8. The van der Waals surface area contributed by atoms with Gasteiger partial charge >= 0.3 is 0 Å². The first-order chi connectivity index (χ1) is 14.8. The third-order valence-corrected chi connectivity index (χ3v) is 4.51. The van der Waals surface area contributed by atoms with Crippen LogP contribution in [0, 0.1) is 0 Å². The summed E-state index contributed by atoms with van der Waals surface area (Å²) in [4.78, 5) is 0. The summed E-state index contributed by atoms with van der Waals surface area (Å²) in [7, 11) is 0. The quantitative estimate of drug-likeness (QED) is 0.306. The average Bonchev–Trinajstić information content (AvgIpc) is 2.69. The van der Waals surface area contributed by atoms with Crippen LogP contribution in [0.5, 0.6) is 17.2 Å². The standard InChI is InChI=1S/C13H21NO3.C11H17NO3/c1-13(2,3)14-7-12(17)9-4-5-11(16)10(6-9)8-15;1-7(2)12-6-11(15)8-3-9(13)5-10(14)4-8/h4-6,12,14-17H,7-8H2,1-3H3;3-5,7,11-15H,6H2,1-2H3/t12-;/m0./s1. The second kappa shape index (κ2) is 12.6. The van der Waals surface area contributed by atoms with Crippen molar-refractivity contribution in [2.45, 2.75) is 65.0 Å². The van der Waals surface area contributed by atoms with E-state index in [1.54, 1.807) is 12.1 Å². The Hall–Kier alpha value is -2.36. The van der Waals surface area contributed by atoms with Gasteiger partial charge in [-0.05, 0) is 56.2 Å². The number of nitrogens with one attached hydrogen (secondary N) is 2. The maximum Gasteiger partial charge on any atom is 0.121 e. The van der Waals surface area contributed by atoms with Crippen LogP contribution in [0.25, 0.3) is 0 Å². The van der Waals surface area contributed by atoms with Crippen LogP contribution < -0.4 is 10.6 Å². The molecule has 8 N–H and O–H groups in total. The second-order valence-electron chi connectivity index (χ2n) is 9.05. The maximum atomic E-state index is 9.97. The Labute approximate surface area is 190 Å². The van der Waals surface area contributed by atoms with E-state index in [1.807, 2.05) is 34.6 Å². The van der Waals surface area contributed by atoms with Crippen molar-refractivity contribution in [2.24, 2.45) is 0 Å². The van der Waals surface area contributed by atoms with Crippen molar-refractivity contribution in [3.05, 3.63) is 53.1 Å². The summed E-state index contributed by atoms with van der Waals surface area (Å²) in [6, 6.07) is 9.14. The lowest BCUT2D eigenvalue weighted by molar-refractivity contribution is 0.163. The van der Waals surface area contributed by atoms with Crippen molar-refractivity contribution in [3.8, 4) is 17.2 Å². The zero-order valence-corrected chi connectivity index (χ0v) is 19.5. The molecule has 0 saturated heterocycles. The summed E-state index contributed by atoms with van der Waals surface area (Å²) >= 11 is 0. The molecule has 0 radical (unpaired) electrons. The molecule has 2 atom stereocenters. The Balaban J connectivity index is 0.000000323. The van der Waals surface area contributed by atoms with Crippen LogP contribution in [-0.2, 0) is 6.61 Å². The monoisotopic (exact) mass is 450 g/mol. The van der Waals surface area contributed by atoms with Crippen molar-refractivity contribution in [2.75, 3.05) is 13.1 Å². The van der Waals surface area contributed by atoms with E-state index in [-0.39, 0.29) is 35.4 Å². The molecule has 0 saturated carbocycles. The SMILES string of the molecule is CC(C)(C)NC[C@H](O)c1ccc(O)c(CO)c1.CC(C)NCC(O)c1cc(O)cc(O)c1. The van der Waals surface area contributed by atoms with Crippen LogP contribution in [0.15, 0.2) is 36.4 Å². The minimum atomic E-state index is -0.731. The average molecular weight is 451 g/mol. The molecule has 0 aromatic heterocycles. The van der Waals surface area contributed by atoms with Crippen molar-refractivity contribution in [1.29, 1.82) is 0 Å². The molecule has 32 heavy (non-hydrogen) atoms. The number of β-amino-alcohol motifs (C(OH)–C–C–N with tert-alkyl or cyclic N) is 1. The molecule has 0 spiro atoms. The topological polar surface area (TPSA) is 145 Å². The molecule has 2 aromatic rings. The molecule has 2 aromatic carbocycles. The molecule has 0 aliphatic heterocycles. The van der Waals surface area contributed by atoms with E-state index in [4.69, 9.17) is 5.11 Å². The van der Waals surface area contributed by atoms with E-state index in [0.29, 0.717) is 29.8 Å². The minimum Gasteiger partial charge on any atom is -0.508 e. The largest absolute Gasteiger partial charge is 0.508 e. The van der Waals surface area contributed by atoms with E-state index in [9.17, 15) is 25.5 Å². The molecule has 1 unspecified atom stereocenters. The van der Waals surface area contributed by atoms with Crippen molar-refractivity contribution in [3.63, 3.8) is 0 Å². The lowest BCUT2D eigenvalue weighted by atomic mass is 10.0. The fourth-order valence-electron chi connectivity index (χ4n) is 2.74. The highest BCUT2D eigenvalue weighted by Crippen LogP contribution is 2.25. The molecular formula is C24H38N2O6. The number of aliphatic hydroxyl groups is 3. The Morgan fingerprint density at radius 2 is 1.38 bits per heavy atom. The van der Waals surface area contributed by atoms with E-state index < -0.39 is 12.2 Å². The molecule has 0 heterocycles. The van der Waals surface area contributed by atoms with Crippen molar-refractivity contribution in [1.82, 2.24) is 10.6 Å². The Morgan fingerprint density at radius 3 is 1.88 bits per heavy atom. The molecular weight excluding hydrogens is 412 g/mol. The normalized spacial score (nSPS) is 13.4.